The van der Waals surface area contributed by atoms with Crippen molar-refractivity contribution in [2.24, 2.45) is 0 Å². The van der Waals surface area contributed by atoms with E-state index in [0.717, 1.165) is 4.31 Å². The fourth-order valence-electron chi connectivity index (χ4n) is 1.60. The van der Waals surface area contributed by atoms with Crippen LogP contribution in [0.2, 0.25) is 0 Å². The molecular weight excluding hydrogens is 259 g/mol. The summed E-state index contributed by atoms with van der Waals surface area (Å²) >= 11 is 0. The Balaban J connectivity index is 2.43. The summed E-state index contributed by atoms with van der Waals surface area (Å²) in [5.74, 6) is -0.521. The normalized spacial score (nSPS) is 19.6. The number of alkyl halides is 3. The SMILES string of the molecule is O=C1CCN(S(=O)(=O)CCCC(F)(F)F)CC1. The second-order valence-electron chi connectivity index (χ2n) is 3.97. The van der Waals surface area contributed by atoms with E-state index in [0.29, 0.717) is 0 Å². The maximum atomic E-state index is 11.9. The Hall–Kier alpha value is -0.630. The highest BCUT2D eigenvalue weighted by Crippen LogP contribution is 2.22. The molecule has 0 radical (unpaired) electrons. The molecule has 0 aromatic rings. The van der Waals surface area contributed by atoms with E-state index in [1.807, 2.05) is 0 Å². The summed E-state index contributed by atoms with van der Waals surface area (Å²) in [6.45, 7) is 0.181. The van der Waals surface area contributed by atoms with E-state index in [9.17, 15) is 26.4 Å². The molecule has 1 aliphatic heterocycles. The van der Waals surface area contributed by atoms with Gasteiger partial charge in [-0.2, -0.15) is 13.2 Å². The molecule has 0 unspecified atom stereocenters. The summed E-state index contributed by atoms with van der Waals surface area (Å²) in [5, 5.41) is 0. The van der Waals surface area contributed by atoms with Crippen LogP contribution in [0.4, 0.5) is 13.2 Å². The number of ketones is 1. The first-order chi connectivity index (χ1) is 7.71. The molecule has 0 aromatic heterocycles. The van der Waals surface area contributed by atoms with Gasteiger partial charge in [0.1, 0.15) is 5.78 Å². The zero-order valence-corrected chi connectivity index (χ0v) is 9.98. The number of Topliss-reactive ketones (excluding diaryl/α,β-unsaturated/α-hetero) is 1. The molecule has 0 aliphatic carbocycles. The first kappa shape index (κ1) is 14.4. The molecule has 1 aliphatic rings. The Kier molecular flexibility index (Phi) is 4.54. The van der Waals surface area contributed by atoms with Crippen molar-refractivity contribution in [2.75, 3.05) is 18.8 Å². The van der Waals surface area contributed by atoms with Gasteiger partial charge in [0.15, 0.2) is 0 Å². The quantitative estimate of drug-likeness (QED) is 0.776. The van der Waals surface area contributed by atoms with Gasteiger partial charge in [0, 0.05) is 32.4 Å². The highest BCUT2D eigenvalue weighted by atomic mass is 32.2. The van der Waals surface area contributed by atoms with Gasteiger partial charge in [-0.25, -0.2) is 12.7 Å². The van der Waals surface area contributed by atoms with Crippen LogP contribution in [0.3, 0.4) is 0 Å². The molecule has 1 saturated heterocycles. The summed E-state index contributed by atoms with van der Waals surface area (Å²) in [6.07, 6.45) is -5.56. The lowest BCUT2D eigenvalue weighted by atomic mass is 10.1. The molecule has 0 aromatic carbocycles. The second-order valence-corrected chi connectivity index (χ2v) is 6.06. The van der Waals surface area contributed by atoms with Gasteiger partial charge in [-0.15, -0.1) is 0 Å². The lowest BCUT2D eigenvalue weighted by Gasteiger charge is -2.25. The predicted molar refractivity (Wildman–Crippen MR) is 54.9 cm³/mol. The van der Waals surface area contributed by atoms with Crippen LogP contribution in [0, 0.1) is 0 Å². The van der Waals surface area contributed by atoms with Crippen molar-refractivity contribution in [2.45, 2.75) is 31.9 Å². The highest BCUT2D eigenvalue weighted by molar-refractivity contribution is 7.89. The van der Waals surface area contributed by atoms with Crippen LogP contribution in [0.15, 0.2) is 0 Å². The van der Waals surface area contributed by atoms with Gasteiger partial charge < -0.3 is 0 Å². The van der Waals surface area contributed by atoms with E-state index < -0.39 is 34.8 Å². The third kappa shape index (κ3) is 5.03. The molecule has 1 heterocycles. The lowest BCUT2D eigenvalue weighted by molar-refractivity contribution is -0.134. The third-order valence-electron chi connectivity index (χ3n) is 2.54. The molecule has 1 rings (SSSR count). The number of hydrogen-bond acceptors (Lipinski definition) is 3. The predicted octanol–water partition coefficient (Wildman–Crippen LogP) is 1.32. The minimum absolute atomic E-state index is 0.00765. The zero-order chi connectivity index (χ0) is 13.1. The standard InChI is InChI=1S/C9H14F3NO3S/c10-9(11,12)4-1-7-17(15,16)13-5-2-8(14)3-6-13/h1-7H2. The van der Waals surface area contributed by atoms with Crippen molar-refractivity contribution in [3.8, 4) is 0 Å². The molecule has 0 amide bonds. The Morgan fingerprint density at radius 2 is 1.71 bits per heavy atom. The van der Waals surface area contributed by atoms with Crippen LogP contribution in [-0.4, -0.2) is 43.5 Å². The number of sulfonamides is 1. The van der Waals surface area contributed by atoms with E-state index in [1.165, 1.54) is 0 Å². The maximum absolute atomic E-state index is 11.9. The first-order valence-corrected chi connectivity index (χ1v) is 6.88. The Morgan fingerprint density at radius 1 is 1.18 bits per heavy atom. The van der Waals surface area contributed by atoms with Crippen LogP contribution in [-0.2, 0) is 14.8 Å². The number of hydrogen-bond donors (Lipinski definition) is 0. The van der Waals surface area contributed by atoms with Gasteiger partial charge in [-0.3, -0.25) is 4.79 Å². The Morgan fingerprint density at radius 3 is 2.18 bits per heavy atom. The summed E-state index contributed by atoms with van der Waals surface area (Å²) in [4.78, 5) is 10.9. The van der Waals surface area contributed by atoms with Crippen molar-refractivity contribution in [3.63, 3.8) is 0 Å². The van der Waals surface area contributed by atoms with E-state index in [1.54, 1.807) is 0 Å². The zero-order valence-electron chi connectivity index (χ0n) is 9.16. The Bertz CT molecular complexity index is 367. The van der Waals surface area contributed by atoms with Crippen LogP contribution < -0.4 is 0 Å². The lowest BCUT2D eigenvalue weighted by Crippen LogP contribution is -2.40. The van der Waals surface area contributed by atoms with Gasteiger partial charge in [-0.1, -0.05) is 0 Å². The monoisotopic (exact) mass is 273 g/mol. The van der Waals surface area contributed by atoms with Gasteiger partial charge in [-0.05, 0) is 6.42 Å². The summed E-state index contributed by atoms with van der Waals surface area (Å²) in [6, 6.07) is 0. The van der Waals surface area contributed by atoms with Crippen molar-refractivity contribution in [1.82, 2.24) is 4.31 Å². The molecule has 4 nitrogen and oxygen atoms in total. The van der Waals surface area contributed by atoms with Crippen LogP contribution in [0.5, 0.6) is 0 Å². The van der Waals surface area contributed by atoms with Crippen LogP contribution in [0.1, 0.15) is 25.7 Å². The fourth-order valence-corrected chi connectivity index (χ4v) is 3.10. The number of carbonyl (C=O) groups excluding carboxylic acids is 1. The second kappa shape index (κ2) is 5.34. The average molecular weight is 273 g/mol. The summed E-state index contributed by atoms with van der Waals surface area (Å²) < 4.78 is 60.0. The molecule has 0 bridgehead atoms. The molecule has 8 heteroatoms. The first-order valence-electron chi connectivity index (χ1n) is 5.27. The average Bonchev–Trinajstić information content (AvgIpc) is 2.15. The highest BCUT2D eigenvalue weighted by Gasteiger charge is 2.30. The van der Waals surface area contributed by atoms with Gasteiger partial charge in [0.05, 0.1) is 5.75 Å². The van der Waals surface area contributed by atoms with E-state index in [4.69, 9.17) is 0 Å². The Labute approximate surface area is 97.8 Å². The molecule has 0 spiro atoms. The van der Waals surface area contributed by atoms with Crippen molar-refractivity contribution < 1.29 is 26.4 Å². The van der Waals surface area contributed by atoms with Crippen molar-refractivity contribution in [3.05, 3.63) is 0 Å². The van der Waals surface area contributed by atoms with Gasteiger partial charge in [0.2, 0.25) is 10.0 Å². The minimum Gasteiger partial charge on any atom is -0.300 e. The van der Waals surface area contributed by atoms with Gasteiger partial charge >= 0.3 is 6.18 Å². The molecule has 0 atom stereocenters. The molecule has 1 fully saturated rings. The van der Waals surface area contributed by atoms with Crippen LogP contribution >= 0.6 is 0 Å². The third-order valence-corrected chi connectivity index (χ3v) is 4.49. The van der Waals surface area contributed by atoms with E-state index >= 15 is 0 Å². The van der Waals surface area contributed by atoms with E-state index in [-0.39, 0.29) is 31.7 Å². The molecule has 0 N–H and O–H groups in total. The molecule has 0 saturated carbocycles. The number of carbonyl (C=O) groups is 1. The number of halogens is 3. The minimum atomic E-state index is -4.33. The number of rotatable bonds is 4. The molecule has 100 valence electrons. The summed E-state index contributed by atoms with van der Waals surface area (Å²) in [5.41, 5.74) is 0. The summed E-state index contributed by atoms with van der Waals surface area (Å²) in [7, 11) is -3.65. The van der Waals surface area contributed by atoms with Crippen molar-refractivity contribution in [1.29, 1.82) is 0 Å². The number of nitrogens with zero attached hydrogens (tertiary/aromatic N) is 1. The number of piperidine rings is 1. The van der Waals surface area contributed by atoms with Gasteiger partial charge in [0.25, 0.3) is 0 Å². The van der Waals surface area contributed by atoms with Crippen LogP contribution in [0.25, 0.3) is 0 Å². The smallest absolute Gasteiger partial charge is 0.300 e. The topological polar surface area (TPSA) is 54.5 Å². The van der Waals surface area contributed by atoms with E-state index in [2.05, 4.69) is 0 Å². The molecular formula is C9H14F3NO3S. The van der Waals surface area contributed by atoms with Crippen molar-refractivity contribution >= 4 is 15.8 Å². The maximum Gasteiger partial charge on any atom is 0.389 e. The molecule has 17 heavy (non-hydrogen) atoms. The fraction of sp³-hybridized carbons (Fsp3) is 0.889. The largest absolute Gasteiger partial charge is 0.389 e.